The quantitative estimate of drug-likeness (QED) is 0.519. The Bertz CT molecular complexity index is 1040. The molecule has 5 rings (SSSR count). The van der Waals surface area contributed by atoms with Gasteiger partial charge in [-0.25, -0.2) is 0 Å². The Morgan fingerprint density at radius 3 is 2.66 bits per heavy atom. The molecule has 0 aromatic carbocycles. The van der Waals surface area contributed by atoms with E-state index in [1.165, 1.54) is 51.4 Å². The van der Waals surface area contributed by atoms with E-state index in [-0.39, 0.29) is 17.9 Å². The maximum absolute atomic E-state index is 13.9. The van der Waals surface area contributed by atoms with Gasteiger partial charge in [-0.1, -0.05) is 39.0 Å². The van der Waals surface area contributed by atoms with Crippen molar-refractivity contribution in [3.8, 4) is 0 Å². The van der Waals surface area contributed by atoms with Crippen molar-refractivity contribution >= 4 is 33.4 Å². The zero-order valence-electron chi connectivity index (χ0n) is 21.6. The van der Waals surface area contributed by atoms with E-state index in [1.54, 1.807) is 11.3 Å². The number of likely N-dealkylation sites (tertiary alicyclic amines) is 1. The van der Waals surface area contributed by atoms with Crippen molar-refractivity contribution in [1.82, 2.24) is 19.7 Å². The molecule has 2 aliphatic heterocycles. The van der Waals surface area contributed by atoms with E-state index in [9.17, 15) is 9.59 Å². The second-order valence-corrected chi connectivity index (χ2v) is 12.1. The van der Waals surface area contributed by atoms with Crippen molar-refractivity contribution in [2.45, 2.75) is 109 Å². The minimum atomic E-state index is -0.879. The van der Waals surface area contributed by atoms with Gasteiger partial charge in [-0.2, -0.15) is 0 Å². The average molecular weight is 499 g/mol. The van der Waals surface area contributed by atoms with E-state index in [2.05, 4.69) is 33.2 Å². The Hall–Kier alpha value is -1.86. The van der Waals surface area contributed by atoms with E-state index < -0.39 is 5.54 Å². The smallest absolute Gasteiger partial charge is 0.271 e. The van der Waals surface area contributed by atoms with Gasteiger partial charge in [-0.05, 0) is 69.5 Å². The van der Waals surface area contributed by atoms with Gasteiger partial charge >= 0.3 is 0 Å². The number of nitrogens with one attached hydrogen (secondary N) is 1. The predicted molar refractivity (Wildman–Crippen MR) is 143 cm³/mol. The summed E-state index contributed by atoms with van der Waals surface area (Å²) in [6.07, 6.45) is 12.9. The summed E-state index contributed by atoms with van der Waals surface area (Å²) in [5.74, 6) is 0.0220. The highest BCUT2D eigenvalue weighted by Crippen LogP contribution is 2.35. The molecule has 2 atom stereocenters. The number of nitrogens with zero attached hydrogens (tertiary/aromatic N) is 3. The molecule has 2 aromatic heterocycles. The van der Waals surface area contributed by atoms with Crippen LogP contribution >= 0.6 is 11.3 Å². The first kappa shape index (κ1) is 24.8. The number of rotatable bonds is 7. The number of fused-ring (bicyclic) bond motifs is 3. The van der Waals surface area contributed by atoms with Crippen molar-refractivity contribution < 1.29 is 9.59 Å². The molecule has 2 aromatic rings. The summed E-state index contributed by atoms with van der Waals surface area (Å²) in [6, 6.07) is 4.99. The fourth-order valence-corrected chi connectivity index (χ4v) is 7.46. The molecular weight excluding hydrogens is 456 g/mol. The highest BCUT2D eigenvalue weighted by atomic mass is 32.1. The van der Waals surface area contributed by atoms with Crippen molar-refractivity contribution in [3.05, 3.63) is 23.2 Å². The lowest BCUT2D eigenvalue weighted by Gasteiger charge is -2.45. The molecule has 35 heavy (non-hydrogen) atoms. The molecule has 192 valence electrons. The van der Waals surface area contributed by atoms with Crippen LogP contribution in [-0.4, -0.2) is 63.4 Å². The third-order valence-electron chi connectivity index (χ3n) is 8.78. The Morgan fingerprint density at radius 2 is 1.89 bits per heavy atom. The molecule has 2 fully saturated rings. The number of thiophene rings is 1. The standard InChI is InChI=1S/C28H42N4O2S/c1-3-22-13-8-9-15-30(22)16-10-17-32-26(33)24-19-25-23(14-18-35-25)31(24)20-28(32,2)27(34)29-21-11-6-4-5-7-12-21/h14,18-19,21-22H,3-13,15-17,20H2,1-2H3,(H,29,34). The fraction of sp³-hybridized carbons (Fsp3) is 0.714. The summed E-state index contributed by atoms with van der Waals surface area (Å²) in [5.41, 5.74) is 0.928. The molecule has 6 nitrogen and oxygen atoms in total. The monoisotopic (exact) mass is 498 g/mol. The summed E-state index contributed by atoms with van der Waals surface area (Å²) in [5, 5.41) is 5.46. The van der Waals surface area contributed by atoms with E-state index in [1.807, 2.05) is 17.9 Å². The second-order valence-electron chi connectivity index (χ2n) is 11.1. The SMILES string of the molecule is CCC1CCCCN1CCCN1C(=O)c2cc3sccc3n2CC1(C)C(=O)NC1CCCCCC1. The molecule has 0 radical (unpaired) electrons. The molecule has 0 bridgehead atoms. The lowest BCUT2D eigenvalue weighted by molar-refractivity contribution is -0.133. The van der Waals surface area contributed by atoms with Gasteiger partial charge in [0, 0.05) is 25.2 Å². The van der Waals surface area contributed by atoms with Crippen LogP contribution in [0.1, 0.15) is 95.0 Å². The first-order chi connectivity index (χ1) is 17.0. The first-order valence-electron chi connectivity index (χ1n) is 13.9. The Kier molecular flexibility index (Phi) is 7.54. The van der Waals surface area contributed by atoms with Crippen LogP contribution in [0.5, 0.6) is 0 Å². The van der Waals surface area contributed by atoms with Crippen LogP contribution < -0.4 is 5.32 Å². The minimum absolute atomic E-state index is 0.00357. The van der Waals surface area contributed by atoms with Gasteiger partial charge in [0.25, 0.3) is 5.91 Å². The molecule has 4 heterocycles. The minimum Gasteiger partial charge on any atom is -0.351 e. The second kappa shape index (κ2) is 10.6. The largest absolute Gasteiger partial charge is 0.351 e. The van der Waals surface area contributed by atoms with E-state index in [4.69, 9.17) is 0 Å². The summed E-state index contributed by atoms with van der Waals surface area (Å²) in [4.78, 5) is 32.3. The summed E-state index contributed by atoms with van der Waals surface area (Å²) in [7, 11) is 0. The molecule has 1 saturated heterocycles. The van der Waals surface area contributed by atoms with Gasteiger partial charge < -0.3 is 19.7 Å². The molecule has 1 N–H and O–H groups in total. The van der Waals surface area contributed by atoms with Crippen LogP contribution in [0.3, 0.4) is 0 Å². The van der Waals surface area contributed by atoms with Crippen LogP contribution in [0.2, 0.25) is 0 Å². The Morgan fingerprint density at radius 1 is 1.11 bits per heavy atom. The van der Waals surface area contributed by atoms with Gasteiger partial charge in [0.15, 0.2) is 0 Å². The van der Waals surface area contributed by atoms with Crippen LogP contribution in [-0.2, 0) is 11.3 Å². The maximum atomic E-state index is 13.9. The number of hydrogen-bond acceptors (Lipinski definition) is 4. The topological polar surface area (TPSA) is 57.6 Å². The van der Waals surface area contributed by atoms with Crippen LogP contribution in [0.15, 0.2) is 17.5 Å². The molecule has 7 heteroatoms. The van der Waals surface area contributed by atoms with Gasteiger partial charge in [-0.15, -0.1) is 11.3 Å². The first-order valence-corrected chi connectivity index (χ1v) is 14.8. The van der Waals surface area contributed by atoms with Crippen molar-refractivity contribution in [2.75, 3.05) is 19.6 Å². The lowest BCUT2D eigenvalue weighted by atomic mass is 9.93. The normalized spacial score (nSPS) is 26.6. The van der Waals surface area contributed by atoms with Crippen LogP contribution in [0, 0.1) is 0 Å². The molecule has 0 spiro atoms. The molecule has 3 aliphatic rings. The number of piperidine rings is 1. The van der Waals surface area contributed by atoms with Gasteiger partial charge in [0.2, 0.25) is 5.91 Å². The summed E-state index contributed by atoms with van der Waals surface area (Å²) >= 11 is 1.66. The molecule has 1 saturated carbocycles. The summed E-state index contributed by atoms with van der Waals surface area (Å²) in [6.45, 7) is 7.58. The van der Waals surface area contributed by atoms with Gasteiger partial charge in [0.05, 0.1) is 16.8 Å². The highest BCUT2D eigenvalue weighted by molar-refractivity contribution is 7.17. The number of carbonyl (C=O) groups is 2. The zero-order valence-corrected chi connectivity index (χ0v) is 22.4. The fourth-order valence-electron chi connectivity index (χ4n) is 6.64. The van der Waals surface area contributed by atoms with E-state index in [0.29, 0.717) is 19.1 Å². The average Bonchev–Trinajstić information content (AvgIpc) is 3.36. The molecule has 1 aliphatic carbocycles. The number of amides is 2. The zero-order chi connectivity index (χ0) is 24.4. The Balaban J connectivity index is 1.37. The number of hydrogen-bond donors (Lipinski definition) is 1. The predicted octanol–water partition coefficient (Wildman–Crippen LogP) is 5.41. The molecule has 2 amide bonds. The molecule has 2 unspecified atom stereocenters. The maximum Gasteiger partial charge on any atom is 0.271 e. The van der Waals surface area contributed by atoms with E-state index >= 15 is 0 Å². The molecular formula is C28H42N4O2S. The Labute approximate surface area is 214 Å². The number of carbonyl (C=O) groups excluding carboxylic acids is 2. The third-order valence-corrected chi connectivity index (χ3v) is 9.63. The van der Waals surface area contributed by atoms with Crippen molar-refractivity contribution in [2.24, 2.45) is 0 Å². The van der Waals surface area contributed by atoms with Crippen molar-refractivity contribution in [1.29, 1.82) is 0 Å². The highest BCUT2D eigenvalue weighted by Gasteiger charge is 2.48. The summed E-state index contributed by atoms with van der Waals surface area (Å²) < 4.78 is 3.22. The van der Waals surface area contributed by atoms with Crippen LogP contribution in [0.4, 0.5) is 0 Å². The van der Waals surface area contributed by atoms with Crippen LogP contribution in [0.25, 0.3) is 10.2 Å². The van der Waals surface area contributed by atoms with E-state index in [0.717, 1.165) is 48.3 Å². The van der Waals surface area contributed by atoms with Gasteiger partial charge in [0.1, 0.15) is 11.2 Å². The third kappa shape index (κ3) is 4.91. The lowest BCUT2D eigenvalue weighted by Crippen LogP contribution is -2.65. The van der Waals surface area contributed by atoms with Gasteiger partial charge in [-0.3, -0.25) is 9.59 Å². The van der Waals surface area contributed by atoms with Crippen molar-refractivity contribution in [3.63, 3.8) is 0 Å². The number of aromatic nitrogens is 1.